The minimum absolute atomic E-state index is 0.0773. The van der Waals surface area contributed by atoms with Gasteiger partial charge in [-0.3, -0.25) is 0 Å². The summed E-state index contributed by atoms with van der Waals surface area (Å²) in [6.45, 7) is 3.74. The molecule has 0 aliphatic heterocycles. The minimum Gasteiger partial charge on any atom is -0.457 e. The molecule has 0 unspecified atom stereocenters. The first-order chi connectivity index (χ1) is 9.11. The van der Waals surface area contributed by atoms with Gasteiger partial charge in [-0.2, -0.15) is 0 Å². The molecule has 19 heavy (non-hydrogen) atoms. The minimum atomic E-state index is -0.269. The highest BCUT2D eigenvalue weighted by atomic mass is 19.1. The number of para-hydroxylation sites is 1. The molecule has 0 bridgehead atoms. The SMILES string of the molecule is CC[C@@H](N)c1ccccc1Oc1ccc(C)c(F)c1. The monoisotopic (exact) mass is 259 g/mol. The maximum Gasteiger partial charge on any atom is 0.132 e. The van der Waals surface area contributed by atoms with Crippen LogP contribution in [-0.2, 0) is 0 Å². The van der Waals surface area contributed by atoms with E-state index < -0.39 is 0 Å². The average Bonchev–Trinajstić information content (AvgIpc) is 2.43. The van der Waals surface area contributed by atoms with E-state index in [0.717, 1.165) is 12.0 Å². The molecule has 2 rings (SSSR count). The smallest absolute Gasteiger partial charge is 0.132 e. The summed E-state index contributed by atoms with van der Waals surface area (Å²) in [5, 5.41) is 0. The summed E-state index contributed by atoms with van der Waals surface area (Å²) >= 11 is 0. The Labute approximate surface area is 113 Å². The van der Waals surface area contributed by atoms with Crippen molar-refractivity contribution in [2.75, 3.05) is 0 Å². The molecule has 2 nitrogen and oxygen atoms in total. The summed E-state index contributed by atoms with van der Waals surface area (Å²) in [6, 6.07) is 12.4. The number of hydrogen-bond donors (Lipinski definition) is 1. The normalized spacial score (nSPS) is 12.2. The number of hydrogen-bond acceptors (Lipinski definition) is 2. The molecular weight excluding hydrogens is 241 g/mol. The third kappa shape index (κ3) is 3.12. The van der Waals surface area contributed by atoms with Crippen LogP contribution in [0.25, 0.3) is 0 Å². The van der Waals surface area contributed by atoms with E-state index in [0.29, 0.717) is 17.1 Å². The molecule has 0 aliphatic rings. The number of aryl methyl sites for hydroxylation is 1. The topological polar surface area (TPSA) is 35.2 Å². The second kappa shape index (κ2) is 5.85. The fourth-order valence-corrected chi connectivity index (χ4v) is 1.86. The van der Waals surface area contributed by atoms with E-state index >= 15 is 0 Å². The van der Waals surface area contributed by atoms with Crippen molar-refractivity contribution in [3.05, 3.63) is 59.4 Å². The van der Waals surface area contributed by atoms with Gasteiger partial charge in [0.2, 0.25) is 0 Å². The van der Waals surface area contributed by atoms with E-state index in [4.69, 9.17) is 10.5 Å². The van der Waals surface area contributed by atoms with Crippen LogP contribution in [0.4, 0.5) is 4.39 Å². The van der Waals surface area contributed by atoms with E-state index in [1.165, 1.54) is 6.07 Å². The van der Waals surface area contributed by atoms with E-state index in [1.54, 1.807) is 19.1 Å². The van der Waals surface area contributed by atoms with Crippen LogP contribution in [0, 0.1) is 12.7 Å². The quantitative estimate of drug-likeness (QED) is 0.886. The Hall–Kier alpha value is -1.87. The molecule has 0 saturated heterocycles. The zero-order valence-electron chi connectivity index (χ0n) is 11.2. The zero-order chi connectivity index (χ0) is 13.8. The van der Waals surface area contributed by atoms with Crippen LogP contribution in [0.3, 0.4) is 0 Å². The molecule has 0 aromatic heterocycles. The van der Waals surface area contributed by atoms with Gasteiger partial charge in [-0.05, 0) is 31.0 Å². The largest absolute Gasteiger partial charge is 0.457 e. The lowest BCUT2D eigenvalue weighted by atomic mass is 10.0. The molecule has 0 amide bonds. The summed E-state index contributed by atoms with van der Waals surface area (Å²) in [7, 11) is 0. The lowest BCUT2D eigenvalue weighted by molar-refractivity contribution is 0.463. The van der Waals surface area contributed by atoms with E-state index in [9.17, 15) is 4.39 Å². The molecule has 2 aromatic carbocycles. The van der Waals surface area contributed by atoms with E-state index in [1.807, 2.05) is 31.2 Å². The van der Waals surface area contributed by atoms with E-state index in [2.05, 4.69) is 0 Å². The van der Waals surface area contributed by atoms with Crippen molar-refractivity contribution in [1.29, 1.82) is 0 Å². The van der Waals surface area contributed by atoms with Crippen LogP contribution in [0.5, 0.6) is 11.5 Å². The average molecular weight is 259 g/mol. The molecule has 0 aliphatic carbocycles. The second-order valence-electron chi connectivity index (χ2n) is 4.57. The van der Waals surface area contributed by atoms with Gasteiger partial charge < -0.3 is 10.5 Å². The highest BCUT2D eigenvalue weighted by molar-refractivity contribution is 5.40. The van der Waals surface area contributed by atoms with Crippen molar-refractivity contribution < 1.29 is 9.13 Å². The predicted octanol–water partition coefficient (Wildman–Crippen LogP) is 4.34. The van der Waals surface area contributed by atoms with Gasteiger partial charge in [-0.1, -0.05) is 31.2 Å². The van der Waals surface area contributed by atoms with Crippen LogP contribution in [0.1, 0.15) is 30.5 Å². The number of rotatable bonds is 4. The Morgan fingerprint density at radius 1 is 1.21 bits per heavy atom. The van der Waals surface area contributed by atoms with E-state index in [-0.39, 0.29) is 11.9 Å². The maximum absolute atomic E-state index is 13.5. The molecule has 100 valence electrons. The van der Waals surface area contributed by atoms with Crippen molar-refractivity contribution in [1.82, 2.24) is 0 Å². The van der Waals surface area contributed by atoms with Gasteiger partial charge in [-0.25, -0.2) is 4.39 Å². The Kier molecular flexibility index (Phi) is 4.17. The molecule has 0 fully saturated rings. The highest BCUT2D eigenvalue weighted by Gasteiger charge is 2.11. The first-order valence-electron chi connectivity index (χ1n) is 6.40. The van der Waals surface area contributed by atoms with Crippen molar-refractivity contribution in [2.45, 2.75) is 26.3 Å². The fraction of sp³-hybridized carbons (Fsp3) is 0.250. The molecule has 1 atom stereocenters. The number of ether oxygens (including phenoxy) is 1. The molecular formula is C16H18FNO. The Balaban J connectivity index is 2.30. The van der Waals surface area contributed by atoms with Crippen molar-refractivity contribution >= 4 is 0 Å². The van der Waals surface area contributed by atoms with Crippen molar-refractivity contribution in [3.63, 3.8) is 0 Å². The summed E-state index contributed by atoms with van der Waals surface area (Å²) in [6.07, 6.45) is 0.822. The molecule has 0 saturated carbocycles. The molecule has 0 radical (unpaired) electrons. The second-order valence-corrected chi connectivity index (χ2v) is 4.57. The first kappa shape index (κ1) is 13.6. The third-order valence-corrected chi connectivity index (χ3v) is 3.13. The summed E-state index contributed by atoms with van der Waals surface area (Å²) in [5.41, 5.74) is 7.59. The summed E-state index contributed by atoms with van der Waals surface area (Å²) in [4.78, 5) is 0. The van der Waals surface area contributed by atoms with Gasteiger partial charge in [0.1, 0.15) is 17.3 Å². The van der Waals surface area contributed by atoms with Gasteiger partial charge in [0, 0.05) is 17.7 Å². The Bertz CT molecular complexity index is 568. The van der Waals surface area contributed by atoms with Gasteiger partial charge in [0.25, 0.3) is 0 Å². The molecule has 0 heterocycles. The summed E-state index contributed by atoms with van der Waals surface area (Å²) < 4.78 is 19.3. The third-order valence-electron chi connectivity index (χ3n) is 3.13. The fourth-order valence-electron chi connectivity index (χ4n) is 1.86. The lowest BCUT2D eigenvalue weighted by Crippen LogP contribution is -2.09. The standard InChI is InChI=1S/C16H18FNO/c1-3-15(18)13-6-4-5-7-16(13)19-12-9-8-11(2)14(17)10-12/h4-10,15H,3,18H2,1-2H3/t15-/m1/s1. The molecule has 3 heteroatoms. The van der Waals surface area contributed by atoms with Crippen LogP contribution < -0.4 is 10.5 Å². The molecule has 2 aromatic rings. The van der Waals surface area contributed by atoms with Gasteiger partial charge in [0.15, 0.2) is 0 Å². The number of halogens is 1. The molecule has 0 spiro atoms. The van der Waals surface area contributed by atoms with Crippen LogP contribution >= 0.6 is 0 Å². The maximum atomic E-state index is 13.5. The predicted molar refractivity (Wildman–Crippen MR) is 74.9 cm³/mol. The Morgan fingerprint density at radius 2 is 1.95 bits per heavy atom. The number of benzene rings is 2. The summed E-state index contributed by atoms with van der Waals surface area (Å²) in [5.74, 6) is 0.897. The van der Waals surface area contributed by atoms with Crippen LogP contribution in [-0.4, -0.2) is 0 Å². The van der Waals surface area contributed by atoms with Crippen LogP contribution in [0.15, 0.2) is 42.5 Å². The zero-order valence-corrected chi connectivity index (χ0v) is 11.2. The lowest BCUT2D eigenvalue weighted by Gasteiger charge is -2.15. The Morgan fingerprint density at radius 3 is 2.63 bits per heavy atom. The van der Waals surface area contributed by atoms with Crippen molar-refractivity contribution in [3.8, 4) is 11.5 Å². The van der Waals surface area contributed by atoms with Gasteiger partial charge >= 0.3 is 0 Å². The molecule has 2 N–H and O–H groups in total. The first-order valence-corrected chi connectivity index (χ1v) is 6.40. The number of nitrogens with two attached hydrogens (primary N) is 1. The highest BCUT2D eigenvalue weighted by Crippen LogP contribution is 2.30. The van der Waals surface area contributed by atoms with Gasteiger partial charge in [-0.15, -0.1) is 0 Å². The van der Waals surface area contributed by atoms with Crippen molar-refractivity contribution in [2.24, 2.45) is 5.73 Å². The van der Waals surface area contributed by atoms with Crippen LogP contribution in [0.2, 0.25) is 0 Å². The van der Waals surface area contributed by atoms with Gasteiger partial charge in [0.05, 0.1) is 0 Å².